The summed E-state index contributed by atoms with van der Waals surface area (Å²) in [7, 11) is 1.62. The first-order valence-electron chi connectivity index (χ1n) is 12.8. The number of amides is 2. The minimum Gasteiger partial charge on any atom is -0.497 e. The highest BCUT2D eigenvalue weighted by Crippen LogP contribution is 2.36. The van der Waals surface area contributed by atoms with Crippen LogP contribution >= 0.6 is 0 Å². The van der Waals surface area contributed by atoms with Crippen LogP contribution in [0.4, 0.5) is 0 Å². The molecule has 1 aliphatic heterocycles. The van der Waals surface area contributed by atoms with Crippen LogP contribution < -0.4 is 10.1 Å². The maximum Gasteiger partial charge on any atom is 0.271 e. The minimum atomic E-state index is -1.09. The lowest BCUT2D eigenvalue weighted by molar-refractivity contribution is -0.134. The van der Waals surface area contributed by atoms with E-state index in [0.29, 0.717) is 36.4 Å². The molecule has 7 heteroatoms. The van der Waals surface area contributed by atoms with Gasteiger partial charge in [-0.05, 0) is 67.1 Å². The van der Waals surface area contributed by atoms with Crippen molar-refractivity contribution in [3.05, 3.63) is 66.1 Å². The Kier molecular flexibility index (Phi) is 6.41. The molecule has 0 unspecified atom stereocenters. The number of carbonyl (C=O) groups is 2. The average Bonchev–Trinajstić information content (AvgIpc) is 3.54. The molecule has 1 fully saturated rings. The number of hydrogen-bond donors (Lipinski definition) is 1. The van der Waals surface area contributed by atoms with Gasteiger partial charge in [0, 0.05) is 12.6 Å². The third kappa shape index (κ3) is 4.21. The van der Waals surface area contributed by atoms with Gasteiger partial charge in [0.15, 0.2) is 0 Å². The van der Waals surface area contributed by atoms with Crippen LogP contribution in [-0.4, -0.2) is 40.0 Å². The van der Waals surface area contributed by atoms with Gasteiger partial charge < -0.3 is 23.9 Å². The van der Waals surface area contributed by atoms with Crippen LogP contribution in [0.5, 0.6) is 5.75 Å². The van der Waals surface area contributed by atoms with E-state index >= 15 is 0 Å². The molecule has 0 radical (unpaired) electrons. The first-order valence-corrected chi connectivity index (χ1v) is 12.8. The lowest BCUT2D eigenvalue weighted by Gasteiger charge is -2.46. The summed E-state index contributed by atoms with van der Waals surface area (Å²) in [6.07, 6.45) is 4.87. The molecule has 0 saturated heterocycles. The molecule has 36 heavy (non-hydrogen) atoms. The van der Waals surface area contributed by atoms with Gasteiger partial charge in [0.1, 0.15) is 22.7 Å². The van der Waals surface area contributed by atoms with E-state index in [9.17, 15) is 9.59 Å². The van der Waals surface area contributed by atoms with Crippen LogP contribution in [0, 0.1) is 11.8 Å². The summed E-state index contributed by atoms with van der Waals surface area (Å²) in [6, 6.07) is 15.2. The van der Waals surface area contributed by atoms with Gasteiger partial charge in [-0.3, -0.25) is 9.59 Å². The number of fused-ring (bicyclic) bond motifs is 1. The van der Waals surface area contributed by atoms with Gasteiger partial charge in [0.25, 0.3) is 5.91 Å². The second-order valence-corrected chi connectivity index (χ2v) is 10.5. The number of benzene rings is 1. The molecular formula is C29H35N3O4. The Morgan fingerprint density at radius 2 is 1.94 bits per heavy atom. The molecule has 1 aromatic carbocycles. The highest BCUT2D eigenvalue weighted by atomic mass is 16.5. The van der Waals surface area contributed by atoms with E-state index in [0.717, 1.165) is 29.8 Å². The van der Waals surface area contributed by atoms with Gasteiger partial charge in [0.05, 0.1) is 25.6 Å². The van der Waals surface area contributed by atoms with Crippen molar-refractivity contribution in [3.63, 3.8) is 0 Å². The average molecular weight is 490 g/mol. The SMILES string of the molecule is COc1cccc(CN2C(=O)c3ccc(-c4ccco4)n3C[C@]2(C)C(=O)N[C@@H]2CCC[C@H](C)[C@H]2C)c1. The summed E-state index contributed by atoms with van der Waals surface area (Å²) in [5.41, 5.74) is 1.17. The zero-order chi connectivity index (χ0) is 25.4. The molecule has 5 rings (SSSR count). The quantitative estimate of drug-likeness (QED) is 0.522. The molecule has 2 amide bonds. The predicted octanol–water partition coefficient (Wildman–Crippen LogP) is 5.11. The molecule has 1 N–H and O–H groups in total. The third-order valence-corrected chi connectivity index (χ3v) is 8.27. The summed E-state index contributed by atoms with van der Waals surface area (Å²) < 4.78 is 13.0. The fourth-order valence-corrected chi connectivity index (χ4v) is 5.72. The van der Waals surface area contributed by atoms with Crippen LogP contribution in [-0.2, 0) is 17.9 Å². The van der Waals surface area contributed by atoms with E-state index < -0.39 is 5.54 Å². The fourth-order valence-electron chi connectivity index (χ4n) is 5.72. The number of furan rings is 1. The summed E-state index contributed by atoms with van der Waals surface area (Å²) in [4.78, 5) is 29.7. The van der Waals surface area contributed by atoms with Gasteiger partial charge >= 0.3 is 0 Å². The Bertz CT molecular complexity index is 1250. The molecular weight excluding hydrogens is 454 g/mol. The third-order valence-electron chi connectivity index (χ3n) is 8.27. The van der Waals surface area contributed by atoms with Crippen LogP contribution in [0.1, 0.15) is 56.1 Å². The van der Waals surface area contributed by atoms with Gasteiger partial charge in [-0.2, -0.15) is 0 Å². The molecule has 0 spiro atoms. The molecule has 3 heterocycles. The number of rotatable bonds is 6. The first kappa shape index (κ1) is 24.2. The molecule has 1 aliphatic carbocycles. The first-order chi connectivity index (χ1) is 17.3. The van der Waals surface area contributed by atoms with E-state index in [1.165, 1.54) is 6.42 Å². The summed E-state index contributed by atoms with van der Waals surface area (Å²) in [6.45, 7) is 7.00. The summed E-state index contributed by atoms with van der Waals surface area (Å²) in [5, 5.41) is 3.35. The number of carbonyl (C=O) groups excluding carboxylic acids is 2. The second kappa shape index (κ2) is 9.52. The number of nitrogens with zero attached hydrogens (tertiary/aromatic N) is 2. The van der Waals surface area contributed by atoms with Crippen molar-refractivity contribution in [2.75, 3.05) is 7.11 Å². The van der Waals surface area contributed by atoms with E-state index in [4.69, 9.17) is 9.15 Å². The van der Waals surface area contributed by atoms with E-state index in [-0.39, 0.29) is 17.9 Å². The van der Waals surface area contributed by atoms with Crippen LogP contribution in [0.25, 0.3) is 11.5 Å². The van der Waals surface area contributed by atoms with Crippen LogP contribution in [0.3, 0.4) is 0 Å². The monoisotopic (exact) mass is 489 g/mol. The van der Waals surface area contributed by atoms with Crippen molar-refractivity contribution in [2.45, 2.75) is 64.7 Å². The zero-order valence-corrected chi connectivity index (χ0v) is 21.5. The highest BCUT2D eigenvalue weighted by molar-refractivity contribution is 6.00. The van der Waals surface area contributed by atoms with Gasteiger partial charge in [-0.1, -0.05) is 38.8 Å². The number of hydrogen-bond acceptors (Lipinski definition) is 4. The Hall–Kier alpha value is -3.48. The molecule has 1 saturated carbocycles. The molecule has 2 aromatic heterocycles. The number of aromatic nitrogens is 1. The van der Waals surface area contributed by atoms with Crippen molar-refractivity contribution in [3.8, 4) is 17.2 Å². The maximum absolute atomic E-state index is 14.1. The van der Waals surface area contributed by atoms with Crippen LogP contribution in [0.15, 0.2) is 59.2 Å². The highest BCUT2D eigenvalue weighted by Gasteiger charge is 2.48. The number of ether oxygens (including phenoxy) is 1. The second-order valence-electron chi connectivity index (χ2n) is 10.5. The van der Waals surface area contributed by atoms with Crippen molar-refractivity contribution in [1.29, 1.82) is 0 Å². The maximum atomic E-state index is 14.1. The summed E-state index contributed by atoms with van der Waals surface area (Å²) >= 11 is 0. The molecule has 0 bridgehead atoms. The standard InChI is InChI=1S/C29H35N3O4/c1-19-8-5-11-23(20(19)2)30-28(34)29(3)18-31-24(26-12-7-15-36-26)13-14-25(31)27(33)32(29)17-21-9-6-10-22(16-21)35-4/h6-7,9-10,12-16,19-20,23H,5,8,11,17-18H2,1-4H3,(H,30,34)/t19-,20+,23+,29+/m0/s1. The van der Waals surface area contributed by atoms with Crippen molar-refractivity contribution >= 4 is 11.8 Å². The van der Waals surface area contributed by atoms with Gasteiger partial charge in [-0.25, -0.2) is 0 Å². The largest absolute Gasteiger partial charge is 0.497 e. The number of nitrogens with one attached hydrogen (secondary N) is 1. The Balaban J connectivity index is 1.53. The van der Waals surface area contributed by atoms with E-state index in [2.05, 4.69) is 19.2 Å². The molecule has 4 atom stereocenters. The summed E-state index contributed by atoms with van der Waals surface area (Å²) in [5.74, 6) is 2.04. The zero-order valence-electron chi connectivity index (χ0n) is 21.5. The fraction of sp³-hybridized carbons (Fsp3) is 0.448. The lowest BCUT2D eigenvalue weighted by atomic mass is 9.77. The van der Waals surface area contributed by atoms with E-state index in [1.807, 2.05) is 60.0 Å². The normalized spacial score (nSPS) is 25.9. The van der Waals surface area contributed by atoms with Crippen molar-refractivity contribution < 1.29 is 18.7 Å². The smallest absolute Gasteiger partial charge is 0.271 e. The topological polar surface area (TPSA) is 76.7 Å². The van der Waals surface area contributed by atoms with Crippen LogP contribution in [0.2, 0.25) is 0 Å². The Morgan fingerprint density at radius 1 is 1.14 bits per heavy atom. The molecule has 2 aliphatic rings. The predicted molar refractivity (Wildman–Crippen MR) is 138 cm³/mol. The van der Waals surface area contributed by atoms with Crippen molar-refractivity contribution in [2.24, 2.45) is 11.8 Å². The van der Waals surface area contributed by atoms with Gasteiger partial charge in [-0.15, -0.1) is 0 Å². The lowest BCUT2D eigenvalue weighted by Crippen LogP contribution is -2.65. The molecule has 7 nitrogen and oxygen atoms in total. The Labute approximate surface area is 212 Å². The minimum absolute atomic E-state index is 0.0995. The molecule has 3 aromatic rings. The number of methoxy groups -OCH3 is 1. The van der Waals surface area contributed by atoms with Crippen molar-refractivity contribution in [1.82, 2.24) is 14.8 Å². The Morgan fingerprint density at radius 3 is 2.69 bits per heavy atom. The van der Waals surface area contributed by atoms with Gasteiger partial charge in [0.2, 0.25) is 5.91 Å². The molecule has 190 valence electrons. The van der Waals surface area contributed by atoms with E-state index in [1.54, 1.807) is 18.3 Å².